The molecule has 0 atom stereocenters. The maximum Gasteiger partial charge on any atom is 0.339 e. The van der Waals surface area contributed by atoms with Gasteiger partial charge < -0.3 is 9.64 Å². The molecule has 0 saturated carbocycles. The predicted octanol–water partition coefficient (Wildman–Crippen LogP) is 1.56. The first kappa shape index (κ1) is 21.5. The zero-order valence-corrected chi connectivity index (χ0v) is 18.3. The van der Waals surface area contributed by atoms with Gasteiger partial charge in [0.25, 0.3) is 5.56 Å². The number of ether oxygens (including phenoxy) is 1. The molecule has 0 aliphatic carbocycles. The van der Waals surface area contributed by atoms with Crippen LogP contribution in [0, 0.1) is 6.92 Å². The van der Waals surface area contributed by atoms with Gasteiger partial charge in [0.1, 0.15) is 12.2 Å². The molecule has 1 aromatic carbocycles. The summed E-state index contributed by atoms with van der Waals surface area (Å²) in [5, 5.41) is -0.0389. The fourth-order valence-corrected chi connectivity index (χ4v) is 4.13. The molecular formula is C23H24N4O5. The zero-order valence-electron chi connectivity index (χ0n) is 18.3. The number of carbonyl (C=O) groups is 2. The molecule has 0 spiro atoms. The highest BCUT2D eigenvalue weighted by molar-refractivity contribution is 6.02. The van der Waals surface area contributed by atoms with Gasteiger partial charge in [-0.05, 0) is 44.4 Å². The summed E-state index contributed by atoms with van der Waals surface area (Å²) in [5.74, 6) is -1.05. The molecule has 3 heterocycles. The number of pyridine rings is 1. The molecule has 1 aliphatic rings. The van der Waals surface area contributed by atoms with Crippen molar-refractivity contribution >= 4 is 28.6 Å². The van der Waals surface area contributed by atoms with Crippen LogP contribution in [0.15, 0.2) is 39.9 Å². The van der Waals surface area contributed by atoms with Gasteiger partial charge in [0, 0.05) is 25.0 Å². The Kier molecular flexibility index (Phi) is 5.65. The first-order valence-corrected chi connectivity index (χ1v) is 10.5. The number of anilines is 1. The lowest BCUT2D eigenvalue weighted by Gasteiger charge is -2.29. The van der Waals surface area contributed by atoms with Crippen LogP contribution >= 0.6 is 0 Å². The Morgan fingerprint density at radius 1 is 1.19 bits per heavy atom. The number of carbonyl (C=O) groups excluding carboxylic acids is 2. The van der Waals surface area contributed by atoms with Crippen LogP contribution in [0.5, 0.6) is 0 Å². The van der Waals surface area contributed by atoms with Crippen LogP contribution in [-0.4, -0.2) is 39.1 Å². The first-order valence-electron chi connectivity index (χ1n) is 10.5. The zero-order chi connectivity index (χ0) is 23.0. The number of hydrogen-bond acceptors (Lipinski definition) is 6. The summed E-state index contributed by atoms with van der Waals surface area (Å²) in [5.41, 5.74) is 1.00. The second kappa shape index (κ2) is 8.41. The standard InChI is InChI=1S/C23H24N4O5/c1-4-32-22(30)16-12-14(2)24-20-19(16)21(29)27(23(31)25(20)3)13-18(28)26-11-7-9-15-8-5-6-10-17(15)26/h5-6,8,10,12H,4,7,9,11,13H2,1-3H3. The lowest BCUT2D eigenvalue weighted by atomic mass is 10.0. The Hall–Kier alpha value is -3.75. The maximum absolute atomic E-state index is 13.3. The summed E-state index contributed by atoms with van der Waals surface area (Å²) in [6, 6.07) is 9.06. The minimum atomic E-state index is -0.739. The first-order chi connectivity index (χ1) is 15.3. The molecule has 9 heteroatoms. The summed E-state index contributed by atoms with van der Waals surface area (Å²) in [7, 11) is 1.46. The molecule has 0 saturated heterocycles. The number of amides is 1. The normalized spacial score (nSPS) is 13.2. The fraction of sp³-hybridized carbons (Fsp3) is 0.348. The molecule has 32 heavy (non-hydrogen) atoms. The lowest BCUT2D eigenvalue weighted by Crippen LogP contribution is -2.46. The van der Waals surface area contributed by atoms with Gasteiger partial charge in [0.05, 0.1) is 17.6 Å². The number of rotatable bonds is 4. The maximum atomic E-state index is 13.3. The van der Waals surface area contributed by atoms with Gasteiger partial charge in [0.2, 0.25) is 5.91 Å². The fourth-order valence-electron chi connectivity index (χ4n) is 4.13. The van der Waals surface area contributed by atoms with Crippen molar-refractivity contribution in [2.75, 3.05) is 18.1 Å². The number of fused-ring (bicyclic) bond motifs is 2. The van der Waals surface area contributed by atoms with Crippen molar-refractivity contribution in [2.24, 2.45) is 7.05 Å². The minimum absolute atomic E-state index is 0.0273. The van der Waals surface area contributed by atoms with E-state index in [1.54, 1.807) is 18.7 Å². The highest BCUT2D eigenvalue weighted by Gasteiger charge is 2.26. The van der Waals surface area contributed by atoms with Gasteiger partial charge in [-0.25, -0.2) is 14.6 Å². The number of esters is 1. The van der Waals surface area contributed by atoms with Gasteiger partial charge in [-0.2, -0.15) is 0 Å². The number of aromatic nitrogens is 3. The monoisotopic (exact) mass is 436 g/mol. The largest absolute Gasteiger partial charge is 0.462 e. The molecule has 0 N–H and O–H groups in total. The van der Waals surface area contributed by atoms with Crippen molar-refractivity contribution in [3.8, 4) is 0 Å². The third-order valence-corrected chi connectivity index (χ3v) is 5.62. The summed E-state index contributed by atoms with van der Waals surface area (Å²) in [6.07, 6.45) is 1.66. The second-order valence-electron chi connectivity index (χ2n) is 7.74. The highest BCUT2D eigenvalue weighted by Crippen LogP contribution is 2.26. The van der Waals surface area contributed by atoms with Gasteiger partial charge in [0.15, 0.2) is 0 Å². The smallest absolute Gasteiger partial charge is 0.339 e. The number of aryl methyl sites for hydroxylation is 3. The number of nitrogens with zero attached hydrogens (tertiary/aromatic N) is 4. The van der Waals surface area contributed by atoms with E-state index in [9.17, 15) is 19.2 Å². The molecule has 0 unspecified atom stereocenters. The Bertz CT molecular complexity index is 1350. The van der Waals surface area contributed by atoms with Crippen molar-refractivity contribution in [1.82, 2.24) is 14.1 Å². The Balaban J connectivity index is 1.84. The van der Waals surface area contributed by atoms with Crippen LogP contribution in [0.1, 0.15) is 35.0 Å². The van der Waals surface area contributed by atoms with E-state index in [2.05, 4.69) is 4.98 Å². The third kappa shape index (κ3) is 3.59. The van der Waals surface area contributed by atoms with Gasteiger partial charge >= 0.3 is 11.7 Å². The average Bonchev–Trinajstić information content (AvgIpc) is 2.79. The Morgan fingerprint density at radius 3 is 2.69 bits per heavy atom. The summed E-state index contributed by atoms with van der Waals surface area (Å²) in [6.45, 7) is 3.53. The van der Waals surface area contributed by atoms with Crippen molar-refractivity contribution < 1.29 is 14.3 Å². The minimum Gasteiger partial charge on any atom is -0.462 e. The van der Waals surface area contributed by atoms with Crippen molar-refractivity contribution in [3.63, 3.8) is 0 Å². The van der Waals surface area contributed by atoms with Crippen molar-refractivity contribution in [3.05, 3.63) is 68.0 Å². The Morgan fingerprint density at radius 2 is 1.94 bits per heavy atom. The summed E-state index contributed by atoms with van der Waals surface area (Å²) in [4.78, 5) is 57.9. The average molecular weight is 436 g/mol. The Labute approximate surface area is 183 Å². The quantitative estimate of drug-likeness (QED) is 0.575. The molecule has 166 valence electrons. The van der Waals surface area contributed by atoms with Gasteiger partial charge in [-0.15, -0.1) is 0 Å². The number of hydrogen-bond donors (Lipinski definition) is 0. The highest BCUT2D eigenvalue weighted by atomic mass is 16.5. The van der Waals surface area contributed by atoms with Crippen molar-refractivity contribution in [2.45, 2.75) is 33.2 Å². The van der Waals surface area contributed by atoms with Crippen LogP contribution in [0.3, 0.4) is 0 Å². The third-order valence-electron chi connectivity index (χ3n) is 5.62. The van der Waals surface area contributed by atoms with Gasteiger partial charge in [-0.3, -0.25) is 18.7 Å². The van der Waals surface area contributed by atoms with Crippen LogP contribution in [0.2, 0.25) is 0 Å². The summed E-state index contributed by atoms with van der Waals surface area (Å²) < 4.78 is 7.14. The molecule has 0 radical (unpaired) electrons. The van der Waals surface area contributed by atoms with Crippen LogP contribution in [-0.2, 0) is 29.5 Å². The second-order valence-corrected chi connectivity index (χ2v) is 7.74. The topological polar surface area (TPSA) is 104 Å². The molecular weight excluding hydrogens is 412 g/mol. The SMILES string of the molecule is CCOC(=O)c1cc(C)nc2c1c(=O)n(CC(=O)N1CCCc3ccccc31)c(=O)n2C. The van der Waals surface area contributed by atoms with E-state index in [0.29, 0.717) is 12.2 Å². The van der Waals surface area contributed by atoms with Crippen molar-refractivity contribution in [1.29, 1.82) is 0 Å². The molecule has 0 fully saturated rings. The lowest BCUT2D eigenvalue weighted by molar-refractivity contribution is -0.119. The molecule has 9 nitrogen and oxygen atoms in total. The molecule has 1 aliphatic heterocycles. The molecule has 0 bridgehead atoms. The molecule has 1 amide bonds. The molecule has 2 aromatic heterocycles. The molecule has 4 rings (SSSR count). The predicted molar refractivity (Wildman–Crippen MR) is 119 cm³/mol. The molecule has 3 aromatic rings. The van der Waals surface area contributed by atoms with Crippen LogP contribution in [0.25, 0.3) is 11.0 Å². The van der Waals surface area contributed by atoms with E-state index in [0.717, 1.165) is 28.7 Å². The van der Waals surface area contributed by atoms with E-state index in [-0.39, 0.29) is 29.1 Å². The van der Waals surface area contributed by atoms with E-state index >= 15 is 0 Å². The number of para-hydroxylation sites is 1. The van der Waals surface area contributed by atoms with Gasteiger partial charge in [-0.1, -0.05) is 18.2 Å². The summed E-state index contributed by atoms with van der Waals surface area (Å²) >= 11 is 0. The van der Waals surface area contributed by atoms with Crippen LogP contribution < -0.4 is 16.1 Å². The van der Waals surface area contributed by atoms with E-state index < -0.39 is 23.8 Å². The van der Waals surface area contributed by atoms with E-state index in [1.807, 2.05) is 24.3 Å². The number of benzene rings is 1. The van der Waals surface area contributed by atoms with Crippen LogP contribution in [0.4, 0.5) is 5.69 Å². The van der Waals surface area contributed by atoms with E-state index in [4.69, 9.17) is 4.74 Å². The van der Waals surface area contributed by atoms with E-state index in [1.165, 1.54) is 17.7 Å².